The van der Waals surface area contributed by atoms with E-state index in [-0.39, 0.29) is 11.9 Å². The van der Waals surface area contributed by atoms with Crippen LogP contribution in [0.3, 0.4) is 0 Å². The quantitative estimate of drug-likeness (QED) is 0.620. The second-order valence-corrected chi connectivity index (χ2v) is 7.19. The Kier molecular flexibility index (Phi) is 4.90. The van der Waals surface area contributed by atoms with Crippen LogP contribution in [0.25, 0.3) is 6.08 Å². The maximum atomic E-state index is 12.9. The Morgan fingerprint density at radius 3 is 2.33 bits per heavy atom. The lowest BCUT2D eigenvalue weighted by molar-refractivity contribution is -0.124. The lowest BCUT2D eigenvalue weighted by atomic mass is 9.94. The summed E-state index contributed by atoms with van der Waals surface area (Å²) >= 11 is 5.55. The van der Waals surface area contributed by atoms with Crippen LogP contribution >= 0.6 is 12.2 Å². The molecule has 1 aliphatic heterocycles. The van der Waals surface area contributed by atoms with Gasteiger partial charge in [-0.1, -0.05) is 31.4 Å². The Morgan fingerprint density at radius 1 is 1.12 bits per heavy atom. The van der Waals surface area contributed by atoms with Crippen molar-refractivity contribution in [2.24, 2.45) is 0 Å². The molecule has 1 saturated carbocycles. The molecule has 24 heavy (non-hydrogen) atoms. The van der Waals surface area contributed by atoms with E-state index in [2.05, 4.69) is 17.0 Å². The zero-order valence-corrected chi connectivity index (χ0v) is 15.5. The van der Waals surface area contributed by atoms with Gasteiger partial charge in [0.1, 0.15) is 5.70 Å². The first-order valence-electron chi connectivity index (χ1n) is 8.59. The van der Waals surface area contributed by atoms with Crippen LogP contribution in [0, 0.1) is 0 Å². The molecule has 0 unspecified atom stereocenters. The fraction of sp³-hybridized carbons (Fsp3) is 0.474. The van der Waals surface area contributed by atoms with Crippen LogP contribution < -0.4 is 4.90 Å². The average Bonchev–Trinajstić information content (AvgIpc) is 2.80. The van der Waals surface area contributed by atoms with Crippen LogP contribution in [0.2, 0.25) is 0 Å². The van der Waals surface area contributed by atoms with Gasteiger partial charge in [-0.25, -0.2) is 0 Å². The molecule has 1 aliphatic carbocycles. The predicted octanol–water partition coefficient (Wildman–Crippen LogP) is 3.49. The van der Waals surface area contributed by atoms with Gasteiger partial charge in [-0.05, 0) is 48.8 Å². The first kappa shape index (κ1) is 17.0. The monoisotopic (exact) mass is 343 g/mol. The van der Waals surface area contributed by atoms with Crippen LogP contribution in [-0.2, 0) is 4.79 Å². The molecular weight excluding hydrogens is 318 g/mol. The summed E-state index contributed by atoms with van der Waals surface area (Å²) in [5, 5.41) is 0.642. The van der Waals surface area contributed by atoms with Crippen LogP contribution in [0.4, 0.5) is 5.69 Å². The first-order valence-corrected chi connectivity index (χ1v) is 9.00. The Balaban J connectivity index is 1.84. The summed E-state index contributed by atoms with van der Waals surface area (Å²) in [5.41, 5.74) is 2.83. The molecule has 128 valence electrons. The van der Waals surface area contributed by atoms with E-state index in [4.69, 9.17) is 12.2 Å². The van der Waals surface area contributed by atoms with E-state index in [0.29, 0.717) is 10.8 Å². The van der Waals surface area contributed by atoms with Crippen LogP contribution in [0.1, 0.15) is 37.7 Å². The molecule has 4 nitrogen and oxygen atoms in total. The van der Waals surface area contributed by atoms with Gasteiger partial charge in [0.15, 0.2) is 5.11 Å². The average molecular weight is 343 g/mol. The molecule has 1 amide bonds. The van der Waals surface area contributed by atoms with Crippen LogP contribution in [-0.4, -0.2) is 48.0 Å². The smallest absolute Gasteiger partial charge is 0.277 e. The van der Waals surface area contributed by atoms with Crippen molar-refractivity contribution < 1.29 is 4.79 Å². The molecule has 0 bridgehead atoms. The van der Waals surface area contributed by atoms with Gasteiger partial charge in [0, 0.05) is 32.9 Å². The van der Waals surface area contributed by atoms with E-state index in [1.807, 2.05) is 49.2 Å². The molecule has 2 fully saturated rings. The summed E-state index contributed by atoms with van der Waals surface area (Å²) in [7, 11) is 5.92. The highest BCUT2D eigenvalue weighted by Gasteiger charge is 2.40. The maximum absolute atomic E-state index is 12.9. The van der Waals surface area contributed by atoms with Crippen molar-refractivity contribution in [3.8, 4) is 0 Å². The SMILES string of the molecule is CN1C(=S)N(C2CCCCC2)C(=O)/C1=C\c1ccc(N(C)C)cc1. The van der Waals surface area contributed by atoms with E-state index in [1.165, 1.54) is 19.3 Å². The van der Waals surface area contributed by atoms with Gasteiger partial charge in [0.25, 0.3) is 5.91 Å². The number of anilines is 1. The maximum Gasteiger partial charge on any atom is 0.277 e. The van der Waals surface area contributed by atoms with Gasteiger partial charge < -0.3 is 9.80 Å². The highest BCUT2D eigenvalue weighted by Crippen LogP contribution is 2.30. The Bertz CT molecular complexity index is 660. The summed E-state index contributed by atoms with van der Waals surface area (Å²) in [4.78, 5) is 18.7. The van der Waals surface area contributed by atoms with Crippen molar-refractivity contribution in [1.29, 1.82) is 0 Å². The number of carbonyl (C=O) groups is 1. The highest BCUT2D eigenvalue weighted by molar-refractivity contribution is 7.80. The fourth-order valence-corrected chi connectivity index (χ4v) is 3.80. The minimum Gasteiger partial charge on any atom is -0.378 e. The topological polar surface area (TPSA) is 26.8 Å². The Labute approximate surface area is 149 Å². The lowest BCUT2D eigenvalue weighted by Gasteiger charge is -2.30. The molecule has 3 rings (SSSR count). The highest BCUT2D eigenvalue weighted by atomic mass is 32.1. The summed E-state index contributed by atoms with van der Waals surface area (Å²) < 4.78 is 0. The van der Waals surface area contributed by atoms with Gasteiger partial charge in [-0.3, -0.25) is 9.69 Å². The number of benzene rings is 1. The molecule has 0 aromatic heterocycles. The number of rotatable bonds is 3. The van der Waals surface area contributed by atoms with Crippen LogP contribution in [0.15, 0.2) is 30.0 Å². The van der Waals surface area contributed by atoms with Crippen molar-refractivity contribution in [3.63, 3.8) is 0 Å². The Morgan fingerprint density at radius 2 is 1.75 bits per heavy atom. The number of nitrogens with zero attached hydrogens (tertiary/aromatic N) is 3. The minimum absolute atomic E-state index is 0.0473. The van der Waals surface area contributed by atoms with E-state index < -0.39 is 0 Å². The number of likely N-dealkylation sites (N-methyl/N-ethyl adjacent to an activating group) is 1. The van der Waals surface area contributed by atoms with Gasteiger partial charge >= 0.3 is 0 Å². The van der Waals surface area contributed by atoms with Crippen molar-refractivity contribution in [2.75, 3.05) is 26.0 Å². The second-order valence-electron chi connectivity index (χ2n) is 6.82. The zero-order chi connectivity index (χ0) is 17.3. The number of hydrogen-bond donors (Lipinski definition) is 0. The molecule has 0 radical (unpaired) electrons. The molecule has 2 aliphatic rings. The summed E-state index contributed by atoms with van der Waals surface area (Å²) in [6.07, 6.45) is 7.70. The fourth-order valence-electron chi connectivity index (χ4n) is 3.46. The van der Waals surface area contributed by atoms with Gasteiger partial charge in [0.05, 0.1) is 0 Å². The number of amides is 1. The van der Waals surface area contributed by atoms with Gasteiger partial charge in [-0.2, -0.15) is 0 Å². The van der Waals surface area contributed by atoms with E-state index in [1.54, 1.807) is 0 Å². The van der Waals surface area contributed by atoms with Gasteiger partial charge in [0.2, 0.25) is 0 Å². The van der Waals surface area contributed by atoms with Crippen LogP contribution in [0.5, 0.6) is 0 Å². The number of hydrogen-bond acceptors (Lipinski definition) is 3. The normalized spacial score (nSPS) is 21.0. The second kappa shape index (κ2) is 6.93. The molecule has 0 N–H and O–H groups in total. The zero-order valence-electron chi connectivity index (χ0n) is 14.7. The van der Waals surface area contributed by atoms with Crippen molar-refractivity contribution in [1.82, 2.24) is 9.80 Å². The molecule has 1 saturated heterocycles. The molecule has 1 aromatic rings. The number of thiocarbonyl (C=S) groups is 1. The molecule has 0 spiro atoms. The molecular formula is C19H25N3OS. The molecule has 1 heterocycles. The summed E-state index contributed by atoms with van der Waals surface area (Å²) in [5.74, 6) is 0.0473. The number of carbonyl (C=O) groups excluding carboxylic acids is 1. The summed E-state index contributed by atoms with van der Waals surface area (Å²) in [6, 6.07) is 8.46. The third-order valence-electron chi connectivity index (χ3n) is 4.95. The third-order valence-corrected chi connectivity index (χ3v) is 5.42. The Hall–Kier alpha value is -1.88. The molecule has 0 atom stereocenters. The molecule has 5 heteroatoms. The first-order chi connectivity index (χ1) is 11.5. The predicted molar refractivity (Wildman–Crippen MR) is 103 cm³/mol. The largest absolute Gasteiger partial charge is 0.378 e. The van der Waals surface area contributed by atoms with Crippen molar-refractivity contribution >= 4 is 35.0 Å². The lowest BCUT2D eigenvalue weighted by Crippen LogP contribution is -2.41. The molecule has 1 aromatic carbocycles. The van der Waals surface area contributed by atoms with E-state index in [0.717, 1.165) is 24.1 Å². The van der Waals surface area contributed by atoms with Crippen molar-refractivity contribution in [3.05, 3.63) is 35.5 Å². The van der Waals surface area contributed by atoms with Crippen molar-refractivity contribution in [2.45, 2.75) is 38.1 Å². The third kappa shape index (κ3) is 3.18. The standard InChI is InChI=1S/C19H25N3OS/c1-20(2)15-11-9-14(10-12-15)13-17-18(23)22(19(24)21(17)3)16-7-5-4-6-8-16/h9-13,16H,4-8H2,1-3H3/b17-13+. The van der Waals surface area contributed by atoms with E-state index in [9.17, 15) is 4.79 Å². The van der Waals surface area contributed by atoms with E-state index >= 15 is 0 Å². The van der Waals surface area contributed by atoms with Gasteiger partial charge in [-0.15, -0.1) is 0 Å². The summed E-state index contributed by atoms with van der Waals surface area (Å²) in [6.45, 7) is 0. The minimum atomic E-state index is 0.0473.